The quantitative estimate of drug-likeness (QED) is 0.729. The van der Waals surface area contributed by atoms with Crippen LogP contribution in [0.15, 0.2) is 41.4 Å². The van der Waals surface area contributed by atoms with Crippen molar-refractivity contribution in [3.05, 3.63) is 53.1 Å². The van der Waals surface area contributed by atoms with Crippen molar-refractivity contribution >= 4 is 5.96 Å². The van der Waals surface area contributed by atoms with Gasteiger partial charge in [0.2, 0.25) is 11.7 Å². The third kappa shape index (κ3) is 3.86. The van der Waals surface area contributed by atoms with Gasteiger partial charge in [-0.1, -0.05) is 6.07 Å². The van der Waals surface area contributed by atoms with Gasteiger partial charge in [-0.15, -0.1) is 0 Å². The van der Waals surface area contributed by atoms with Crippen LogP contribution in [0.3, 0.4) is 0 Å². The summed E-state index contributed by atoms with van der Waals surface area (Å²) in [4.78, 5) is 11.0. The van der Waals surface area contributed by atoms with Gasteiger partial charge in [0.05, 0.1) is 34.4 Å². The predicted molar refractivity (Wildman–Crippen MR) is 125 cm³/mol. The average molecular weight is 458 g/mol. The second kappa shape index (κ2) is 8.02. The highest BCUT2D eigenvalue weighted by atomic mass is 16.7. The zero-order valence-corrected chi connectivity index (χ0v) is 19.5. The Bertz CT molecular complexity index is 1230. The largest absolute Gasteiger partial charge is 0.489 e. The molecule has 2 aromatic carbocycles. The van der Waals surface area contributed by atoms with Gasteiger partial charge in [0.15, 0.2) is 0 Å². The summed E-state index contributed by atoms with van der Waals surface area (Å²) in [6.45, 7) is 4.91. The zero-order chi connectivity index (χ0) is 24.1. The molecule has 3 heterocycles. The zero-order valence-electron chi connectivity index (χ0n) is 19.5. The molecule has 0 bridgehead atoms. The molecule has 3 unspecified atom stereocenters. The van der Waals surface area contributed by atoms with E-state index in [0.29, 0.717) is 41.8 Å². The number of rotatable bonds is 2. The maximum Gasteiger partial charge on any atom is 0.221 e. The standard InChI is InChI=1S/C26H27N5O3/c1-25(2)12-19(6-7-32-25)23-13-26(30-24(29)31(3)34-26)21-11-18(4-5-22(21)33-23)20-9-16(14-27)8-17(10-20)15-28/h4-5,8-11,19,23H,6-7,12-13H2,1-3H3,(H2,29,30). The van der Waals surface area contributed by atoms with Gasteiger partial charge in [-0.3, -0.25) is 0 Å². The highest BCUT2D eigenvalue weighted by molar-refractivity contribution is 5.79. The van der Waals surface area contributed by atoms with Crippen molar-refractivity contribution < 1.29 is 14.3 Å². The van der Waals surface area contributed by atoms with Gasteiger partial charge in [0.1, 0.15) is 11.9 Å². The summed E-state index contributed by atoms with van der Waals surface area (Å²) in [6.07, 6.45) is 2.21. The van der Waals surface area contributed by atoms with Crippen molar-refractivity contribution in [1.29, 1.82) is 10.5 Å². The summed E-state index contributed by atoms with van der Waals surface area (Å²) in [5.74, 6) is 1.31. The first kappa shape index (κ1) is 22.2. The van der Waals surface area contributed by atoms with Gasteiger partial charge >= 0.3 is 0 Å². The third-order valence-electron chi connectivity index (χ3n) is 6.85. The topological polar surface area (TPSA) is 117 Å². The number of guanidine groups is 1. The monoisotopic (exact) mass is 457 g/mol. The van der Waals surface area contributed by atoms with Crippen LogP contribution >= 0.6 is 0 Å². The molecule has 2 aromatic rings. The van der Waals surface area contributed by atoms with Crippen LogP contribution in [-0.2, 0) is 15.3 Å². The molecule has 3 aliphatic rings. The number of aliphatic imine (C=N–C) groups is 1. The van der Waals surface area contributed by atoms with E-state index in [0.717, 1.165) is 29.5 Å². The minimum Gasteiger partial charge on any atom is -0.489 e. The van der Waals surface area contributed by atoms with Crippen molar-refractivity contribution in [3.8, 4) is 29.0 Å². The summed E-state index contributed by atoms with van der Waals surface area (Å²) in [5.41, 5.74) is 8.19. The van der Waals surface area contributed by atoms with E-state index in [1.165, 1.54) is 5.06 Å². The molecule has 2 N–H and O–H groups in total. The first-order valence-electron chi connectivity index (χ1n) is 11.4. The molecule has 3 atom stereocenters. The van der Waals surface area contributed by atoms with E-state index in [1.54, 1.807) is 25.2 Å². The molecule has 174 valence electrons. The summed E-state index contributed by atoms with van der Waals surface area (Å²) >= 11 is 0. The lowest BCUT2D eigenvalue weighted by Gasteiger charge is -2.44. The van der Waals surface area contributed by atoms with E-state index in [1.807, 2.05) is 18.2 Å². The van der Waals surface area contributed by atoms with E-state index in [2.05, 4.69) is 26.0 Å². The van der Waals surface area contributed by atoms with Gasteiger partial charge in [0, 0.05) is 26.0 Å². The predicted octanol–water partition coefficient (Wildman–Crippen LogP) is 3.80. The Labute approximate surface area is 199 Å². The van der Waals surface area contributed by atoms with Gasteiger partial charge in [-0.05, 0) is 68.1 Å². The highest BCUT2D eigenvalue weighted by Gasteiger charge is 2.51. The molecule has 0 saturated carbocycles. The van der Waals surface area contributed by atoms with E-state index >= 15 is 0 Å². The van der Waals surface area contributed by atoms with Crippen LogP contribution in [0, 0.1) is 28.6 Å². The number of ether oxygens (including phenoxy) is 2. The van der Waals surface area contributed by atoms with E-state index in [9.17, 15) is 10.5 Å². The normalized spacial score (nSPS) is 27.3. The van der Waals surface area contributed by atoms with Crippen LogP contribution in [0.2, 0.25) is 0 Å². The number of nitriles is 2. The minimum absolute atomic E-state index is 0.100. The Hall–Kier alpha value is -3.59. The lowest BCUT2D eigenvalue weighted by Crippen LogP contribution is -2.46. The molecule has 0 aliphatic carbocycles. The Balaban J connectivity index is 1.58. The molecule has 34 heavy (non-hydrogen) atoms. The molecule has 5 rings (SSSR count). The molecule has 0 amide bonds. The molecule has 1 spiro atoms. The van der Waals surface area contributed by atoms with Gasteiger partial charge in [-0.25, -0.2) is 14.9 Å². The first-order valence-corrected chi connectivity index (χ1v) is 11.4. The second-order valence-electron chi connectivity index (χ2n) is 9.80. The molecule has 0 aromatic heterocycles. The van der Waals surface area contributed by atoms with Gasteiger partial charge in [0.25, 0.3) is 0 Å². The fourth-order valence-electron chi connectivity index (χ4n) is 5.23. The SMILES string of the molecule is CN1OC2(CC(C3CCOC(C)(C)C3)Oc3ccc(-c4cc(C#N)cc(C#N)c4)cc32)N=C1N. The molecule has 8 nitrogen and oxygen atoms in total. The summed E-state index contributed by atoms with van der Waals surface area (Å²) < 4.78 is 12.5. The number of fused-ring (bicyclic) bond motifs is 2. The highest BCUT2D eigenvalue weighted by Crippen LogP contribution is 2.49. The number of benzene rings is 2. The summed E-state index contributed by atoms with van der Waals surface area (Å²) in [6, 6.07) is 15.2. The molecular formula is C26H27N5O3. The van der Waals surface area contributed by atoms with Crippen molar-refractivity contribution in [1.82, 2.24) is 5.06 Å². The molecule has 8 heteroatoms. The lowest BCUT2D eigenvalue weighted by atomic mass is 9.79. The fourth-order valence-corrected chi connectivity index (χ4v) is 5.23. The summed E-state index contributed by atoms with van der Waals surface area (Å²) in [5, 5.41) is 20.3. The Morgan fingerprint density at radius 2 is 1.79 bits per heavy atom. The van der Waals surface area contributed by atoms with E-state index < -0.39 is 5.72 Å². The second-order valence-corrected chi connectivity index (χ2v) is 9.80. The van der Waals surface area contributed by atoms with Crippen LogP contribution in [0.25, 0.3) is 11.1 Å². The van der Waals surface area contributed by atoms with Crippen LogP contribution in [-0.4, -0.2) is 36.4 Å². The van der Waals surface area contributed by atoms with Crippen LogP contribution in [0.5, 0.6) is 5.75 Å². The minimum atomic E-state index is -1.000. The maximum absolute atomic E-state index is 9.39. The van der Waals surface area contributed by atoms with E-state index in [4.69, 9.17) is 25.0 Å². The number of hydroxylamine groups is 2. The van der Waals surface area contributed by atoms with Crippen molar-refractivity contribution in [2.45, 2.75) is 50.5 Å². The molecular weight excluding hydrogens is 430 g/mol. The maximum atomic E-state index is 9.39. The smallest absolute Gasteiger partial charge is 0.221 e. The third-order valence-corrected chi connectivity index (χ3v) is 6.85. The summed E-state index contributed by atoms with van der Waals surface area (Å²) in [7, 11) is 1.74. The Kier molecular flexibility index (Phi) is 5.24. The van der Waals surface area contributed by atoms with Gasteiger partial charge < -0.3 is 15.2 Å². The van der Waals surface area contributed by atoms with Crippen LogP contribution in [0.4, 0.5) is 0 Å². The Morgan fingerprint density at radius 3 is 2.41 bits per heavy atom. The first-order chi connectivity index (χ1) is 16.2. The number of hydrogen-bond donors (Lipinski definition) is 1. The number of nitrogens with zero attached hydrogens (tertiary/aromatic N) is 4. The van der Waals surface area contributed by atoms with Crippen LogP contribution in [0.1, 0.15) is 49.8 Å². The van der Waals surface area contributed by atoms with Crippen molar-refractivity contribution in [2.24, 2.45) is 16.6 Å². The average Bonchev–Trinajstić information content (AvgIpc) is 3.10. The number of nitrogens with two attached hydrogens (primary N) is 1. The molecule has 0 radical (unpaired) electrons. The molecule has 1 fully saturated rings. The van der Waals surface area contributed by atoms with E-state index in [-0.39, 0.29) is 11.7 Å². The van der Waals surface area contributed by atoms with Crippen molar-refractivity contribution in [3.63, 3.8) is 0 Å². The lowest BCUT2D eigenvalue weighted by molar-refractivity contribution is -0.198. The van der Waals surface area contributed by atoms with Crippen LogP contribution < -0.4 is 10.5 Å². The van der Waals surface area contributed by atoms with Gasteiger partial charge in [-0.2, -0.15) is 10.5 Å². The molecule has 1 saturated heterocycles. The molecule has 3 aliphatic heterocycles. The Morgan fingerprint density at radius 1 is 1.06 bits per heavy atom. The number of hydrogen-bond acceptors (Lipinski definition) is 8. The van der Waals surface area contributed by atoms with Crippen molar-refractivity contribution in [2.75, 3.05) is 13.7 Å². The fraction of sp³-hybridized carbons (Fsp3) is 0.423.